The van der Waals surface area contributed by atoms with E-state index < -0.39 is 0 Å². The molecule has 0 atom stereocenters. The number of rotatable bonds is 3. The molecule has 2 aromatic carbocycles. The van der Waals surface area contributed by atoms with Gasteiger partial charge in [0.1, 0.15) is 0 Å². The first-order valence-electron chi connectivity index (χ1n) is 5.85. The maximum Gasteiger partial charge on any atom is 0.223 e. The van der Waals surface area contributed by atoms with Gasteiger partial charge < -0.3 is 4.90 Å². The SMILES string of the molecule is CCN(C(C)=O)c1cccc2c(SN)cccc12. The van der Waals surface area contributed by atoms with Crippen LogP contribution in [0.3, 0.4) is 0 Å². The number of nitrogens with zero attached hydrogens (tertiary/aromatic N) is 1. The van der Waals surface area contributed by atoms with Crippen LogP contribution in [-0.2, 0) is 4.79 Å². The van der Waals surface area contributed by atoms with Gasteiger partial charge in [0.05, 0.1) is 5.69 Å². The van der Waals surface area contributed by atoms with Crippen molar-refractivity contribution in [2.24, 2.45) is 5.14 Å². The highest BCUT2D eigenvalue weighted by Crippen LogP contribution is 2.31. The molecule has 2 aromatic rings. The maximum absolute atomic E-state index is 11.7. The van der Waals surface area contributed by atoms with Crippen LogP contribution in [0.1, 0.15) is 13.8 Å². The molecule has 0 aromatic heterocycles. The van der Waals surface area contributed by atoms with Gasteiger partial charge in [-0.25, -0.2) is 0 Å². The second kappa shape index (κ2) is 5.42. The Kier molecular flexibility index (Phi) is 3.89. The molecule has 0 aliphatic carbocycles. The topological polar surface area (TPSA) is 46.3 Å². The molecule has 4 heteroatoms. The van der Waals surface area contributed by atoms with E-state index in [0.717, 1.165) is 21.4 Å². The number of hydrogen-bond acceptors (Lipinski definition) is 3. The summed E-state index contributed by atoms with van der Waals surface area (Å²) in [7, 11) is 0. The van der Waals surface area contributed by atoms with Crippen molar-refractivity contribution in [1.82, 2.24) is 0 Å². The van der Waals surface area contributed by atoms with Crippen LogP contribution in [0.4, 0.5) is 5.69 Å². The standard InChI is InChI=1S/C14H16N2OS/c1-3-16(10(2)17)13-8-4-7-12-11(13)6-5-9-14(12)18-15/h4-9H,3,15H2,1-2H3. The van der Waals surface area contributed by atoms with Crippen molar-refractivity contribution < 1.29 is 4.79 Å². The van der Waals surface area contributed by atoms with Crippen molar-refractivity contribution in [1.29, 1.82) is 0 Å². The Labute approximate surface area is 111 Å². The van der Waals surface area contributed by atoms with E-state index in [4.69, 9.17) is 5.14 Å². The molecule has 3 nitrogen and oxygen atoms in total. The molecule has 0 saturated heterocycles. The molecule has 0 heterocycles. The van der Waals surface area contributed by atoms with E-state index in [-0.39, 0.29) is 5.91 Å². The Hall–Kier alpha value is -1.52. The van der Waals surface area contributed by atoms with Gasteiger partial charge in [-0.2, -0.15) is 0 Å². The highest BCUT2D eigenvalue weighted by Gasteiger charge is 2.13. The molecule has 0 fully saturated rings. The van der Waals surface area contributed by atoms with Gasteiger partial charge in [0.25, 0.3) is 0 Å². The third kappa shape index (κ3) is 2.21. The fraction of sp³-hybridized carbons (Fsp3) is 0.214. The zero-order valence-corrected chi connectivity index (χ0v) is 11.3. The molecule has 94 valence electrons. The number of carbonyl (C=O) groups excluding carboxylic acids is 1. The molecule has 18 heavy (non-hydrogen) atoms. The Morgan fingerprint density at radius 3 is 2.50 bits per heavy atom. The van der Waals surface area contributed by atoms with Crippen LogP contribution in [0.25, 0.3) is 10.8 Å². The lowest BCUT2D eigenvalue weighted by molar-refractivity contribution is -0.116. The van der Waals surface area contributed by atoms with Gasteiger partial charge in [-0.05, 0) is 36.4 Å². The summed E-state index contributed by atoms with van der Waals surface area (Å²) in [6, 6.07) is 11.9. The van der Waals surface area contributed by atoms with Crippen molar-refractivity contribution in [2.75, 3.05) is 11.4 Å². The molecule has 1 amide bonds. The molecule has 0 spiro atoms. The van der Waals surface area contributed by atoms with Gasteiger partial charge in [0.2, 0.25) is 5.91 Å². The quantitative estimate of drug-likeness (QED) is 0.862. The first-order valence-corrected chi connectivity index (χ1v) is 6.73. The number of hydrogen-bond donors (Lipinski definition) is 1. The predicted molar refractivity (Wildman–Crippen MR) is 77.7 cm³/mol. The van der Waals surface area contributed by atoms with Gasteiger partial charge in [-0.1, -0.05) is 24.3 Å². The monoisotopic (exact) mass is 260 g/mol. The summed E-state index contributed by atoms with van der Waals surface area (Å²) < 4.78 is 0. The average molecular weight is 260 g/mol. The van der Waals surface area contributed by atoms with Crippen molar-refractivity contribution in [3.8, 4) is 0 Å². The van der Waals surface area contributed by atoms with Gasteiger partial charge >= 0.3 is 0 Å². The highest BCUT2D eigenvalue weighted by atomic mass is 32.2. The minimum Gasteiger partial charge on any atom is -0.312 e. The fourth-order valence-electron chi connectivity index (χ4n) is 2.17. The summed E-state index contributed by atoms with van der Waals surface area (Å²) in [5, 5.41) is 7.82. The van der Waals surface area contributed by atoms with Gasteiger partial charge in [0, 0.05) is 23.8 Å². The molecule has 0 radical (unpaired) electrons. The predicted octanol–water partition coefficient (Wildman–Crippen LogP) is 3.18. The van der Waals surface area contributed by atoms with E-state index in [1.807, 2.05) is 43.3 Å². The number of benzene rings is 2. The summed E-state index contributed by atoms with van der Waals surface area (Å²) in [6.45, 7) is 4.22. The molecule has 0 saturated carbocycles. The Morgan fingerprint density at radius 2 is 1.89 bits per heavy atom. The Bertz CT molecular complexity index is 583. The third-order valence-corrected chi connectivity index (χ3v) is 3.58. The normalized spacial score (nSPS) is 10.6. The Morgan fingerprint density at radius 1 is 1.22 bits per heavy atom. The minimum absolute atomic E-state index is 0.0517. The first-order chi connectivity index (χ1) is 8.69. The van der Waals surface area contributed by atoms with Crippen LogP contribution in [-0.4, -0.2) is 12.5 Å². The van der Waals surface area contributed by atoms with Crippen LogP contribution in [0, 0.1) is 0 Å². The lowest BCUT2D eigenvalue weighted by Gasteiger charge is -2.21. The molecular formula is C14H16N2OS. The molecule has 2 N–H and O–H groups in total. The van der Waals surface area contributed by atoms with E-state index in [0.29, 0.717) is 6.54 Å². The lowest BCUT2D eigenvalue weighted by Crippen LogP contribution is -2.28. The summed E-state index contributed by atoms with van der Waals surface area (Å²) in [5.74, 6) is 0.0517. The molecule has 0 bridgehead atoms. The summed E-state index contributed by atoms with van der Waals surface area (Å²) in [5.41, 5.74) is 0.943. The number of carbonyl (C=O) groups is 1. The molecule has 0 aliphatic heterocycles. The van der Waals surface area contributed by atoms with Crippen LogP contribution in [0.5, 0.6) is 0 Å². The molecule has 2 rings (SSSR count). The van der Waals surface area contributed by atoms with Crippen LogP contribution >= 0.6 is 11.9 Å². The van der Waals surface area contributed by atoms with E-state index in [1.165, 1.54) is 11.9 Å². The smallest absolute Gasteiger partial charge is 0.223 e. The third-order valence-electron chi connectivity index (χ3n) is 2.97. The Balaban J connectivity index is 2.69. The number of fused-ring (bicyclic) bond motifs is 1. The fourth-order valence-corrected chi connectivity index (χ4v) is 2.63. The van der Waals surface area contributed by atoms with E-state index >= 15 is 0 Å². The van der Waals surface area contributed by atoms with Crippen molar-refractivity contribution >= 4 is 34.3 Å². The van der Waals surface area contributed by atoms with Gasteiger partial charge in [-0.3, -0.25) is 9.93 Å². The summed E-state index contributed by atoms with van der Waals surface area (Å²) in [6.07, 6.45) is 0. The molecule has 0 aliphatic rings. The first kappa shape index (κ1) is 12.9. The largest absolute Gasteiger partial charge is 0.312 e. The van der Waals surface area contributed by atoms with E-state index in [9.17, 15) is 4.79 Å². The second-order valence-electron chi connectivity index (χ2n) is 4.01. The molecule has 0 unspecified atom stereocenters. The molecular weight excluding hydrogens is 244 g/mol. The zero-order chi connectivity index (χ0) is 13.1. The number of nitrogens with two attached hydrogens (primary N) is 1. The zero-order valence-electron chi connectivity index (χ0n) is 10.5. The van der Waals surface area contributed by atoms with Crippen molar-refractivity contribution in [3.63, 3.8) is 0 Å². The van der Waals surface area contributed by atoms with Crippen molar-refractivity contribution in [3.05, 3.63) is 36.4 Å². The average Bonchev–Trinajstić information content (AvgIpc) is 2.38. The van der Waals surface area contributed by atoms with Crippen LogP contribution in [0.2, 0.25) is 0 Å². The van der Waals surface area contributed by atoms with Gasteiger partial charge in [0.15, 0.2) is 0 Å². The second-order valence-corrected chi connectivity index (χ2v) is 4.69. The van der Waals surface area contributed by atoms with Crippen LogP contribution in [0.15, 0.2) is 41.3 Å². The number of anilines is 1. The van der Waals surface area contributed by atoms with Crippen molar-refractivity contribution in [2.45, 2.75) is 18.7 Å². The summed E-state index contributed by atoms with van der Waals surface area (Å²) >= 11 is 1.23. The van der Waals surface area contributed by atoms with Crippen LogP contribution < -0.4 is 10.0 Å². The van der Waals surface area contributed by atoms with Gasteiger partial charge in [-0.15, -0.1) is 0 Å². The lowest BCUT2D eigenvalue weighted by atomic mass is 10.1. The highest BCUT2D eigenvalue weighted by molar-refractivity contribution is 7.97. The maximum atomic E-state index is 11.7. The summed E-state index contributed by atoms with van der Waals surface area (Å²) in [4.78, 5) is 14.5. The number of amides is 1. The van der Waals surface area contributed by atoms with E-state index in [2.05, 4.69) is 0 Å². The minimum atomic E-state index is 0.0517. The van der Waals surface area contributed by atoms with E-state index in [1.54, 1.807) is 11.8 Å².